The average Bonchev–Trinajstić information content (AvgIpc) is 2.66. The lowest BCUT2D eigenvalue weighted by atomic mass is 10.1. The lowest BCUT2D eigenvalue weighted by molar-refractivity contribution is -0.153. The summed E-state index contributed by atoms with van der Waals surface area (Å²) in [5.41, 5.74) is 1.44. The van der Waals surface area contributed by atoms with E-state index >= 15 is 0 Å². The molecule has 1 atom stereocenters. The predicted molar refractivity (Wildman–Crippen MR) is 101 cm³/mol. The summed E-state index contributed by atoms with van der Waals surface area (Å²) in [7, 11) is 0. The van der Waals surface area contributed by atoms with Crippen LogP contribution in [0.2, 0.25) is 0 Å². The van der Waals surface area contributed by atoms with Crippen LogP contribution in [0.3, 0.4) is 0 Å². The van der Waals surface area contributed by atoms with E-state index in [1.54, 1.807) is 54.6 Å². The lowest BCUT2D eigenvalue weighted by Crippen LogP contribution is -2.30. The fourth-order valence-electron chi connectivity index (χ4n) is 2.35. The number of rotatable bonds is 8. The van der Waals surface area contributed by atoms with Crippen LogP contribution >= 0.6 is 0 Å². The highest BCUT2D eigenvalue weighted by Gasteiger charge is 2.19. The molecule has 0 heterocycles. The van der Waals surface area contributed by atoms with E-state index in [0.29, 0.717) is 16.8 Å². The van der Waals surface area contributed by atoms with Crippen molar-refractivity contribution in [2.24, 2.45) is 0 Å². The molecule has 0 fully saturated rings. The van der Waals surface area contributed by atoms with Crippen LogP contribution in [0.4, 0.5) is 5.69 Å². The molecule has 2 aromatic rings. The molecule has 0 saturated heterocycles. The molecule has 1 N–H and O–H groups in total. The number of hydrogen-bond donors (Lipinski definition) is 1. The Morgan fingerprint density at radius 3 is 2.26 bits per heavy atom. The number of ether oxygens (including phenoxy) is 1. The second-order valence-electron chi connectivity index (χ2n) is 6.05. The van der Waals surface area contributed by atoms with E-state index < -0.39 is 18.0 Å². The Morgan fingerprint density at radius 1 is 0.926 bits per heavy atom. The quantitative estimate of drug-likeness (QED) is 0.570. The molecule has 1 amide bonds. The van der Waals surface area contributed by atoms with Gasteiger partial charge < -0.3 is 10.1 Å². The molecule has 0 radical (unpaired) electrons. The normalized spacial score (nSPS) is 11.3. The summed E-state index contributed by atoms with van der Waals surface area (Å²) in [6.45, 7) is 2.88. The Morgan fingerprint density at radius 2 is 1.59 bits per heavy atom. The monoisotopic (exact) mass is 367 g/mol. The van der Waals surface area contributed by atoms with Crippen LogP contribution in [0.25, 0.3) is 0 Å². The number of Topliss-reactive ketones (excluding diaryl/α,β-unsaturated/α-hetero) is 2. The lowest BCUT2D eigenvalue weighted by Gasteiger charge is -2.14. The van der Waals surface area contributed by atoms with Gasteiger partial charge in [-0.25, -0.2) is 0 Å². The summed E-state index contributed by atoms with van der Waals surface area (Å²) < 4.78 is 5.08. The van der Waals surface area contributed by atoms with Gasteiger partial charge >= 0.3 is 5.97 Å². The minimum atomic E-state index is -1.02. The molecule has 6 nitrogen and oxygen atoms in total. The van der Waals surface area contributed by atoms with Crippen LogP contribution in [0.1, 0.15) is 47.4 Å². The molecule has 0 spiro atoms. The number of benzene rings is 2. The third-order valence-corrected chi connectivity index (χ3v) is 3.87. The summed E-state index contributed by atoms with van der Waals surface area (Å²) in [5, 5.41) is 2.60. The number of ketones is 2. The molecule has 27 heavy (non-hydrogen) atoms. The van der Waals surface area contributed by atoms with Crippen molar-refractivity contribution >= 4 is 29.1 Å². The topological polar surface area (TPSA) is 89.5 Å². The van der Waals surface area contributed by atoms with Gasteiger partial charge in [0.05, 0.1) is 6.42 Å². The second kappa shape index (κ2) is 9.43. The van der Waals surface area contributed by atoms with Crippen LogP contribution in [0.15, 0.2) is 54.6 Å². The molecule has 6 heteroatoms. The number of nitrogens with one attached hydrogen (secondary N) is 1. The molecule has 2 aromatic carbocycles. The Bertz CT molecular complexity index is 845. The molecule has 1 unspecified atom stereocenters. The summed E-state index contributed by atoms with van der Waals surface area (Å²) in [6.07, 6.45) is -1.12. The number of amides is 1. The van der Waals surface area contributed by atoms with E-state index in [1.165, 1.54) is 13.8 Å². The molecular weight excluding hydrogens is 346 g/mol. The molecule has 0 aromatic heterocycles. The number of esters is 1. The molecule has 0 aliphatic rings. The van der Waals surface area contributed by atoms with Gasteiger partial charge in [0.1, 0.15) is 0 Å². The smallest absolute Gasteiger partial charge is 0.307 e. The van der Waals surface area contributed by atoms with E-state index in [9.17, 15) is 19.2 Å². The van der Waals surface area contributed by atoms with E-state index in [4.69, 9.17) is 4.74 Å². The summed E-state index contributed by atoms with van der Waals surface area (Å²) in [4.78, 5) is 47.4. The van der Waals surface area contributed by atoms with Gasteiger partial charge in [-0.2, -0.15) is 0 Å². The highest BCUT2D eigenvalue weighted by molar-refractivity contribution is 5.99. The average molecular weight is 367 g/mol. The number of carbonyl (C=O) groups is 4. The number of anilines is 1. The van der Waals surface area contributed by atoms with Gasteiger partial charge in [-0.1, -0.05) is 42.5 Å². The van der Waals surface area contributed by atoms with Gasteiger partial charge in [-0.15, -0.1) is 0 Å². The van der Waals surface area contributed by atoms with Crippen LogP contribution in [-0.4, -0.2) is 29.5 Å². The van der Waals surface area contributed by atoms with Crippen molar-refractivity contribution < 1.29 is 23.9 Å². The zero-order chi connectivity index (χ0) is 19.8. The molecule has 0 aliphatic carbocycles. The SMILES string of the molecule is CC(=O)c1cccc(NC(=O)C(C)OC(=O)CCC(=O)c2ccccc2)c1. The van der Waals surface area contributed by atoms with Crippen LogP contribution in [0.5, 0.6) is 0 Å². The Labute approximate surface area is 157 Å². The van der Waals surface area contributed by atoms with Crippen LogP contribution in [-0.2, 0) is 14.3 Å². The highest BCUT2D eigenvalue weighted by atomic mass is 16.5. The van der Waals surface area contributed by atoms with E-state index in [-0.39, 0.29) is 24.4 Å². The molecule has 140 valence electrons. The Kier molecular flexibility index (Phi) is 7.00. The van der Waals surface area contributed by atoms with Gasteiger partial charge in [0.15, 0.2) is 17.7 Å². The first-order valence-electron chi connectivity index (χ1n) is 8.56. The first-order valence-corrected chi connectivity index (χ1v) is 8.56. The van der Waals surface area contributed by atoms with Crippen molar-refractivity contribution in [2.45, 2.75) is 32.8 Å². The maximum atomic E-state index is 12.1. The van der Waals surface area contributed by atoms with Crippen molar-refractivity contribution in [3.8, 4) is 0 Å². The van der Waals surface area contributed by atoms with Crippen LogP contribution < -0.4 is 5.32 Å². The zero-order valence-corrected chi connectivity index (χ0v) is 15.2. The molecule has 0 bridgehead atoms. The van der Waals surface area contributed by atoms with Crippen molar-refractivity contribution in [2.75, 3.05) is 5.32 Å². The minimum absolute atomic E-state index is 0.0117. The fourth-order valence-corrected chi connectivity index (χ4v) is 2.35. The van der Waals surface area contributed by atoms with E-state index in [1.807, 2.05) is 0 Å². The zero-order valence-electron chi connectivity index (χ0n) is 15.2. The van der Waals surface area contributed by atoms with Crippen molar-refractivity contribution in [1.29, 1.82) is 0 Å². The standard InChI is InChI=1S/C21H21NO5/c1-14(23)17-9-6-10-18(13-17)22-21(26)15(2)27-20(25)12-11-19(24)16-7-4-3-5-8-16/h3-10,13,15H,11-12H2,1-2H3,(H,22,26). The van der Waals surface area contributed by atoms with Gasteiger partial charge in [0.2, 0.25) is 0 Å². The van der Waals surface area contributed by atoms with Crippen molar-refractivity contribution in [1.82, 2.24) is 0 Å². The largest absolute Gasteiger partial charge is 0.453 e. The first-order chi connectivity index (χ1) is 12.9. The number of carbonyl (C=O) groups excluding carboxylic acids is 4. The van der Waals surface area contributed by atoms with Gasteiger partial charge in [-0.3, -0.25) is 19.2 Å². The summed E-state index contributed by atoms with van der Waals surface area (Å²) in [5.74, 6) is -1.42. The molecular formula is C21H21NO5. The Balaban J connectivity index is 1.83. The highest BCUT2D eigenvalue weighted by Crippen LogP contribution is 2.12. The molecule has 0 saturated carbocycles. The summed E-state index contributed by atoms with van der Waals surface area (Å²) >= 11 is 0. The first kappa shape index (κ1) is 20.0. The third-order valence-electron chi connectivity index (χ3n) is 3.87. The van der Waals surface area contributed by atoms with Crippen LogP contribution in [0, 0.1) is 0 Å². The second-order valence-corrected chi connectivity index (χ2v) is 6.05. The van der Waals surface area contributed by atoms with Gasteiger partial charge in [0, 0.05) is 23.2 Å². The van der Waals surface area contributed by atoms with Crippen molar-refractivity contribution in [3.05, 3.63) is 65.7 Å². The predicted octanol–water partition coefficient (Wildman–Crippen LogP) is 3.42. The molecule has 0 aliphatic heterocycles. The Hall–Kier alpha value is -3.28. The van der Waals surface area contributed by atoms with E-state index in [0.717, 1.165) is 0 Å². The number of hydrogen-bond acceptors (Lipinski definition) is 5. The van der Waals surface area contributed by atoms with Gasteiger partial charge in [-0.05, 0) is 26.0 Å². The third kappa shape index (κ3) is 6.18. The van der Waals surface area contributed by atoms with Gasteiger partial charge in [0.25, 0.3) is 5.91 Å². The van der Waals surface area contributed by atoms with Crippen molar-refractivity contribution in [3.63, 3.8) is 0 Å². The maximum absolute atomic E-state index is 12.1. The fraction of sp³-hybridized carbons (Fsp3) is 0.238. The summed E-state index contributed by atoms with van der Waals surface area (Å²) in [6, 6.07) is 15.1. The van der Waals surface area contributed by atoms with E-state index in [2.05, 4.69) is 5.32 Å². The maximum Gasteiger partial charge on any atom is 0.307 e. The minimum Gasteiger partial charge on any atom is -0.453 e. The molecule has 2 rings (SSSR count).